The summed E-state index contributed by atoms with van der Waals surface area (Å²) in [5, 5.41) is 16.2. The first-order chi connectivity index (χ1) is 11.4. The predicted octanol–water partition coefficient (Wildman–Crippen LogP) is 3.04. The maximum absolute atomic E-state index is 12.1. The molecule has 0 heterocycles. The second-order valence-electron chi connectivity index (χ2n) is 4.89. The standard InChI is InChI=1S/C16H15N3O4S/c1-10-3-6-12(19(21)22)9-14(10)17-16(24)18-15(20)11-4-7-13(23-2)8-5-11/h3-9H,1-2H3,(H2,17,18,20,24). The Kier molecular flexibility index (Phi) is 5.43. The average Bonchev–Trinajstić information content (AvgIpc) is 2.56. The van der Waals surface area contributed by atoms with Crippen molar-refractivity contribution in [2.24, 2.45) is 0 Å². The fourth-order valence-electron chi connectivity index (χ4n) is 1.93. The summed E-state index contributed by atoms with van der Waals surface area (Å²) in [6.45, 7) is 1.78. The largest absolute Gasteiger partial charge is 0.497 e. The third-order valence-electron chi connectivity index (χ3n) is 3.26. The number of hydrogen-bond donors (Lipinski definition) is 2. The number of methoxy groups -OCH3 is 1. The van der Waals surface area contributed by atoms with Crippen LogP contribution >= 0.6 is 12.2 Å². The minimum atomic E-state index is -0.496. The van der Waals surface area contributed by atoms with Gasteiger partial charge in [-0.05, 0) is 49.0 Å². The third kappa shape index (κ3) is 4.26. The molecule has 2 aromatic rings. The second-order valence-corrected chi connectivity index (χ2v) is 5.30. The smallest absolute Gasteiger partial charge is 0.271 e. The molecule has 0 aromatic heterocycles. The van der Waals surface area contributed by atoms with Crippen LogP contribution in [0.4, 0.5) is 11.4 Å². The molecule has 0 aliphatic carbocycles. The highest BCUT2D eigenvalue weighted by Gasteiger charge is 2.12. The Hall–Kier alpha value is -3.00. The lowest BCUT2D eigenvalue weighted by atomic mass is 10.2. The lowest BCUT2D eigenvalue weighted by Gasteiger charge is -2.11. The molecule has 0 saturated carbocycles. The zero-order valence-corrected chi connectivity index (χ0v) is 13.8. The number of nitrogens with one attached hydrogen (secondary N) is 2. The average molecular weight is 345 g/mol. The molecule has 0 aliphatic rings. The number of ether oxygens (including phenoxy) is 1. The van der Waals surface area contributed by atoms with E-state index in [0.717, 1.165) is 5.56 Å². The van der Waals surface area contributed by atoms with Crippen molar-refractivity contribution in [1.82, 2.24) is 5.32 Å². The minimum absolute atomic E-state index is 0.0550. The van der Waals surface area contributed by atoms with Crippen LogP contribution in [-0.2, 0) is 0 Å². The van der Waals surface area contributed by atoms with E-state index in [9.17, 15) is 14.9 Å². The van der Waals surface area contributed by atoms with E-state index in [2.05, 4.69) is 10.6 Å². The van der Waals surface area contributed by atoms with Crippen molar-refractivity contribution in [2.45, 2.75) is 6.92 Å². The Morgan fingerprint density at radius 3 is 2.46 bits per heavy atom. The lowest BCUT2D eigenvalue weighted by molar-refractivity contribution is -0.384. The number of non-ortho nitro benzene ring substituents is 1. The first-order valence-electron chi connectivity index (χ1n) is 6.92. The Bertz CT molecular complexity index is 790. The van der Waals surface area contributed by atoms with Crippen molar-refractivity contribution >= 4 is 34.6 Å². The number of carbonyl (C=O) groups is 1. The summed E-state index contributed by atoms with van der Waals surface area (Å²) in [4.78, 5) is 22.5. The molecule has 2 N–H and O–H groups in total. The van der Waals surface area contributed by atoms with Gasteiger partial charge in [-0.2, -0.15) is 0 Å². The number of anilines is 1. The third-order valence-corrected chi connectivity index (χ3v) is 3.46. The lowest BCUT2D eigenvalue weighted by Crippen LogP contribution is -2.34. The summed E-state index contributed by atoms with van der Waals surface area (Å²) < 4.78 is 5.03. The van der Waals surface area contributed by atoms with Gasteiger partial charge in [0.05, 0.1) is 12.0 Å². The molecule has 2 aromatic carbocycles. The number of aryl methyl sites for hydroxylation is 1. The minimum Gasteiger partial charge on any atom is -0.497 e. The van der Waals surface area contributed by atoms with Crippen LogP contribution in [0.5, 0.6) is 5.75 Å². The van der Waals surface area contributed by atoms with Gasteiger partial charge in [-0.15, -0.1) is 0 Å². The Morgan fingerprint density at radius 2 is 1.88 bits per heavy atom. The quantitative estimate of drug-likeness (QED) is 0.502. The number of nitro groups is 1. The number of nitro benzene ring substituents is 1. The van der Waals surface area contributed by atoms with Crippen LogP contribution in [0.3, 0.4) is 0 Å². The fraction of sp³-hybridized carbons (Fsp3) is 0.125. The molecule has 0 spiro atoms. The highest BCUT2D eigenvalue weighted by Crippen LogP contribution is 2.21. The van der Waals surface area contributed by atoms with Gasteiger partial charge < -0.3 is 10.1 Å². The van der Waals surface area contributed by atoms with Crippen LogP contribution in [0.15, 0.2) is 42.5 Å². The molecule has 1 amide bonds. The molecular weight excluding hydrogens is 330 g/mol. The van der Waals surface area contributed by atoms with Gasteiger partial charge in [0, 0.05) is 23.4 Å². The van der Waals surface area contributed by atoms with E-state index in [1.165, 1.54) is 19.2 Å². The topological polar surface area (TPSA) is 93.5 Å². The van der Waals surface area contributed by atoms with Crippen molar-refractivity contribution in [1.29, 1.82) is 0 Å². The summed E-state index contributed by atoms with van der Waals surface area (Å²) in [6, 6.07) is 10.9. The number of amides is 1. The number of benzene rings is 2. The number of thiocarbonyl (C=S) groups is 1. The van der Waals surface area contributed by atoms with E-state index >= 15 is 0 Å². The van der Waals surface area contributed by atoms with Crippen molar-refractivity contribution < 1.29 is 14.5 Å². The van der Waals surface area contributed by atoms with Crippen LogP contribution in [0, 0.1) is 17.0 Å². The van der Waals surface area contributed by atoms with Crippen LogP contribution in [0.2, 0.25) is 0 Å². The van der Waals surface area contributed by atoms with E-state index in [1.807, 2.05) is 0 Å². The van der Waals surface area contributed by atoms with Crippen molar-refractivity contribution in [3.05, 3.63) is 63.7 Å². The van der Waals surface area contributed by atoms with E-state index in [4.69, 9.17) is 17.0 Å². The summed E-state index contributed by atoms with van der Waals surface area (Å²) in [5.41, 5.74) is 1.58. The molecule has 0 aliphatic heterocycles. The molecule has 0 bridgehead atoms. The Labute approximate surface area is 143 Å². The first kappa shape index (κ1) is 17.4. The number of hydrogen-bond acceptors (Lipinski definition) is 5. The van der Waals surface area contributed by atoms with Gasteiger partial charge in [0.1, 0.15) is 5.75 Å². The summed E-state index contributed by atoms with van der Waals surface area (Å²) >= 11 is 5.09. The van der Waals surface area contributed by atoms with E-state index in [-0.39, 0.29) is 10.8 Å². The van der Waals surface area contributed by atoms with Gasteiger partial charge in [-0.25, -0.2) is 0 Å². The number of nitrogens with zero attached hydrogens (tertiary/aromatic N) is 1. The number of carbonyl (C=O) groups excluding carboxylic acids is 1. The van der Waals surface area contributed by atoms with Gasteiger partial charge in [-0.1, -0.05) is 6.07 Å². The van der Waals surface area contributed by atoms with Gasteiger partial charge in [0.2, 0.25) is 0 Å². The van der Waals surface area contributed by atoms with Crippen LogP contribution in [0.1, 0.15) is 15.9 Å². The maximum Gasteiger partial charge on any atom is 0.271 e. The Balaban J connectivity index is 2.06. The highest BCUT2D eigenvalue weighted by molar-refractivity contribution is 7.80. The first-order valence-corrected chi connectivity index (χ1v) is 7.33. The molecule has 0 radical (unpaired) electrons. The van der Waals surface area contributed by atoms with E-state index in [1.54, 1.807) is 37.3 Å². The van der Waals surface area contributed by atoms with Crippen molar-refractivity contribution in [3.63, 3.8) is 0 Å². The zero-order valence-electron chi connectivity index (χ0n) is 13.0. The van der Waals surface area contributed by atoms with E-state index in [0.29, 0.717) is 17.0 Å². The van der Waals surface area contributed by atoms with Crippen LogP contribution < -0.4 is 15.4 Å². The normalized spacial score (nSPS) is 9.92. The predicted molar refractivity (Wildman–Crippen MR) is 94.5 cm³/mol. The van der Waals surface area contributed by atoms with Gasteiger partial charge >= 0.3 is 0 Å². The number of rotatable bonds is 4. The molecule has 0 saturated heterocycles. The molecule has 24 heavy (non-hydrogen) atoms. The molecule has 2 rings (SSSR count). The summed E-state index contributed by atoms with van der Waals surface area (Å²) in [5.74, 6) is 0.248. The van der Waals surface area contributed by atoms with E-state index < -0.39 is 10.8 Å². The van der Waals surface area contributed by atoms with Gasteiger partial charge in [0.25, 0.3) is 11.6 Å². The summed E-state index contributed by atoms with van der Waals surface area (Å²) in [7, 11) is 1.54. The van der Waals surface area contributed by atoms with Crippen LogP contribution in [-0.4, -0.2) is 23.1 Å². The molecular formula is C16H15N3O4S. The monoisotopic (exact) mass is 345 g/mol. The van der Waals surface area contributed by atoms with Crippen molar-refractivity contribution in [3.8, 4) is 5.75 Å². The zero-order chi connectivity index (χ0) is 17.7. The second kappa shape index (κ2) is 7.51. The summed E-state index contributed by atoms with van der Waals surface area (Å²) in [6.07, 6.45) is 0. The SMILES string of the molecule is COc1ccc(C(=O)NC(=S)Nc2cc([N+](=O)[O-])ccc2C)cc1. The molecule has 124 valence electrons. The van der Waals surface area contributed by atoms with Gasteiger partial charge in [0.15, 0.2) is 5.11 Å². The van der Waals surface area contributed by atoms with Crippen molar-refractivity contribution in [2.75, 3.05) is 12.4 Å². The maximum atomic E-state index is 12.1. The van der Waals surface area contributed by atoms with Crippen LogP contribution in [0.25, 0.3) is 0 Å². The van der Waals surface area contributed by atoms with Gasteiger partial charge in [-0.3, -0.25) is 20.2 Å². The molecule has 8 heteroatoms. The Morgan fingerprint density at radius 1 is 1.21 bits per heavy atom. The molecule has 7 nitrogen and oxygen atoms in total. The molecule has 0 atom stereocenters. The highest BCUT2D eigenvalue weighted by atomic mass is 32.1. The molecule has 0 unspecified atom stereocenters. The fourth-order valence-corrected chi connectivity index (χ4v) is 2.13. The molecule has 0 fully saturated rings.